The van der Waals surface area contributed by atoms with E-state index >= 15 is 0 Å². The summed E-state index contributed by atoms with van der Waals surface area (Å²) in [4.78, 5) is 18.3. The molecule has 10 heteroatoms. The molecular weight excluding hydrogens is 524 g/mol. The molecule has 0 aliphatic carbocycles. The molecule has 168 valence electrons. The number of nitrogens with one attached hydrogen (secondary N) is 2. The Labute approximate surface area is 195 Å². The van der Waals surface area contributed by atoms with Gasteiger partial charge < -0.3 is 20.3 Å². The Morgan fingerprint density at radius 3 is 2.65 bits per heavy atom. The van der Waals surface area contributed by atoms with E-state index in [1.54, 1.807) is 7.05 Å². The summed E-state index contributed by atoms with van der Waals surface area (Å²) in [7, 11) is 1.59. The zero-order chi connectivity index (χ0) is 21.7. The third-order valence-corrected chi connectivity index (χ3v) is 4.83. The zero-order valence-corrected chi connectivity index (χ0v) is 19.5. The number of anilines is 1. The summed E-state index contributed by atoms with van der Waals surface area (Å²) in [5.41, 5.74) is 1.78. The monoisotopic (exact) mass is 548 g/mol. The van der Waals surface area contributed by atoms with Gasteiger partial charge in [-0.15, -0.1) is 24.0 Å². The van der Waals surface area contributed by atoms with Gasteiger partial charge in [0.2, 0.25) is 5.91 Å². The van der Waals surface area contributed by atoms with Crippen molar-refractivity contribution >= 4 is 41.5 Å². The summed E-state index contributed by atoms with van der Waals surface area (Å²) in [6, 6.07) is 9.68. The molecule has 6 nitrogen and oxygen atoms in total. The van der Waals surface area contributed by atoms with Crippen LogP contribution in [-0.4, -0.2) is 50.1 Å². The molecule has 1 unspecified atom stereocenters. The summed E-state index contributed by atoms with van der Waals surface area (Å²) in [5, 5.41) is 5.13. The van der Waals surface area contributed by atoms with E-state index in [-0.39, 0.29) is 36.6 Å². The van der Waals surface area contributed by atoms with E-state index in [1.807, 2.05) is 36.1 Å². The largest absolute Gasteiger partial charge is 0.370 e. The topological polar surface area (TPSA) is 66.0 Å². The van der Waals surface area contributed by atoms with E-state index in [2.05, 4.69) is 15.6 Å². The van der Waals surface area contributed by atoms with Crippen LogP contribution in [0.4, 0.5) is 18.9 Å². The van der Waals surface area contributed by atoms with Crippen LogP contribution in [0.15, 0.2) is 41.4 Å². The lowest BCUT2D eigenvalue weighted by Crippen LogP contribution is -2.49. The number of carbonyl (C=O) groups is 1. The number of ether oxygens (including phenoxy) is 1. The number of halogens is 4. The van der Waals surface area contributed by atoms with E-state index in [4.69, 9.17) is 4.74 Å². The van der Waals surface area contributed by atoms with Crippen LogP contribution in [0.3, 0.4) is 0 Å². The van der Waals surface area contributed by atoms with Gasteiger partial charge in [-0.2, -0.15) is 0 Å². The lowest BCUT2D eigenvalue weighted by atomic mass is 10.0. The number of carbonyl (C=O) groups excluding carboxylic acids is 1. The molecule has 1 amide bonds. The normalized spacial score (nSPS) is 16.5. The van der Waals surface area contributed by atoms with E-state index < -0.39 is 29.0 Å². The minimum absolute atomic E-state index is 0. The van der Waals surface area contributed by atoms with Crippen LogP contribution in [0.2, 0.25) is 0 Å². The molecule has 3 rings (SSSR count). The number of hydrogen-bond acceptors (Lipinski definition) is 3. The second kappa shape index (κ2) is 11.3. The van der Waals surface area contributed by atoms with Crippen LogP contribution in [0.25, 0.3) is 0 Å². The molecule has 2 aromatic rings. The highest BCUT2D eigenvalue weighted by molar-refractivity contribution is 14.0. The molecule has 0 bridgehead atoms. The average molecular weight is 548 g/mol. The summed E-state index contributed by atoms with van der Waals surface area (Å²) in [6.45, 7) is 3.42. The molecule has 1 aliphatic heterocycles. The van der Waals surface area contributed by atoms with Gasteiger partial charge in [0.25, 0.3) is 0 Å². The fourth-order valence-electron chi connectivity index (χ4n) is 3.29. The maximum absolute atomic E-state index is 13.7. The molecule has 0 saturated carbocycles. The molecule has 1 heterocycles. The minimum atomic E-state index is -1.63. The molecule has 1 aliphatic rings. The van der Waals surface area contributed by atoms with Crippen molar-refractivity contribution in [2.45, 2.75) is 13.0 Å². The van der Waals surface area contributed by atoms with Crippen LogP contribution in [0.1, 0.15) is 17.2 Å². The number of amides is 1. The standard InChI is InChI=1S/C21H23F3N4O2.HI/c1-13-5-3-4-6-14(13)17-12-28(9-10-30-17)21(25-2)26-11-18(29)27-16-8-7-15(22)19(23)20(16)24;/h3-8,17H,9-12H2,1-2H3,(H,25,26)(H,27,29);1H. The quantitative estimate of drug-likeness (QED) is 0.265. The Bertz CT molecular complexity index is 958. The summed E-state index contributed by atoms with van der Waals surface area (Å²) in [6.07, 6.45) is -0.136. The SMILES string of the molecule is CN=C(NCC(=O)Nc1ccc(F)c(F)c1F)N1CCOC(c2ccccc2C)C1.I. The summed E-state index contributed by atoms with van der Waals surface area (Å²) < 4.78 is 45.9. The summed E-state index contributed by atoms with van der Waals surface area (Å²) >= 11 is 0. The van der Waals surface area contributed by atoms with Crippen LogP contribution >= 0.6 is 24.0 Å². The van der Waals surface area contributed by atoms with E-state index in [1.165, 1.54) is 0 Å². The first kappa shape index (κ1) is 24.9. The van der Waals surface area contributed by atoms with Crippen LogP contribution in [-0.2, 0) is 9.53 Å². The lowest BCUT2D eigenvalue weighted by molar-refractivity contribution is -0.115. The molecule has 2 N–H and O–H groups in total. The maximum atomic E-state index is 13.7. The van der Waals surface area contributed by atoms with Crippen LogP contribution < -0.4 is 10.6 Å². The number of aliphatic imine (C=N–C) groups is 1. The molecule has 0 aromatic heterocycles. The third-order valence-electron chi connectivity index (χ3n) is 4.83. The van der Waals surface area contributed by atoms with Gasteiger partial charge in [-0.25, -0.2) is 13.2 Å². The van der Waals surface area contributed by atoms with Gasteiger partial charge in [0.15, 0.2) is 23.4 Å². The second-order valence-electron chi connectivity index (χ2n) is 6.83. The van der Waals surface area contributed by atoms with Crippen LogP contribution in [0, 0.1) is 24.4 Å². The van der Waals surface area contributed by atoms with E-state index in [0.29, 0.717) is 25.7 Å². The van der Waals surface area contributed by atoms with Crippen molar-refractivity contribution in [1.29, 1.82) is 0 Å². The van der Waals surface area contributed by atoms with Gasteiger partial charge >= 0.3 is 0 Å². The Morgan fingerprint density at radius 1 is 1.19 bits per heavy atom. The van der Waals surface area contributed by atoms with Gasteiger partial charge in [-0.05, 0) is 30.2 Å². The Morgan fingerprint density at radius 2 is 1.94 bits per heavy atom. The van der Waals surface area contributed by atoms with E-state index in [0.717, 1.165) is 23.3 Å². The molecule has 0 radical (unpaired) electrons. The first-order valence-corrected chi connectivity index (χ1v) is 9.46. The maximum Gasteiger partial charge on any atom is 0.243 e. The fourth-order valence-corrected chi connectivity index (χ4v) is 3.29. The average Bonchev–Trinajstić information content (AvgIpc) is 2.75. The van der Waals surface area contributed by atoms with Crippen LogP contribution in [0.5, 0.6) is 0 Å². The van der Waals surface area contributed by atoms with Crippen molar-refractivity contribution < 1.29 is 22.7 Å². The second-order valence-corrected chi connectivity index (χ2v) is 6.83. The fraction of sp³-hybridized carbons (Fsp3) is 0.333. The van der Waals surface area contributed by atoms with Crippen molar-refractivity contribution in [2.75, 3.05) is 38.6 Å². The van der Waals surface area contributed by atoms with Gasteiger partial charge in [-0.1, -0.05) is 24.3 Å². The van der Waals surface area contributed by atoms with Crippen molar-refractivity contribution in [3.63, 3.8) is 0 Å². The van der Waals surface area contributed by atoms with Gasteiger partial charge in [0.1, 0.15) is 6.10 Å². The number of aryl methyl sites for hydroxylation is 1. The highest BCUT2D eigenvalue weighted by atomic mass is 127. The number of benzene rings is 2. The molecule has 1 saturated heterocycles. The smallest absolute Gasteiger partial charge is 0.243 e. The number of morpholine rings is 1. The predicted molar refractivity (Wildman–Crippen MR) is 123 cm³/mol. The Kier molecular flexibility index (Phi) is 9.11. The van der Waals surface area contributed by atoms with E-state index in [9.17, 15) is 18.0 Å². The molecule has 2 aromatic carbocycles. The highest BCUT2D eigenvalue weighted by Crippen LogP contribution is 2.25. The van der Waals surface area contributed by atoms with Gasteiger partial charge in [0, 0.05) is 13.6 Å². The number of nitrogens with zero attached hydrogens (tertiary/aromatic N) is 2. The number of rotatable bonds is 4. The molecule has 0 spiro atoms. The predicted octanol–water partition coefficient (Wildman–Crippen LogP) is 3.62. The molecular formula is C21H24F3IN4O2. The summed E-state index contributed by atoms with van der Waals surface area (Å²) in [5.74, 6) is -4.53. The number of guanidine groups is 1. The van der Waals surface area contributed by atoms with Crippen molar-refractivity contribution in [3.8, 4) is 0 Å². The first-order valence-electron chi connectivity index (χ1n) is 9.46. The third kappa shape index (κ3) is 6.10. The Balaban J connectivity index is 0.00000341. The van der Waals surface area contributed by atoms with Crippen molar-refractivity contribution in [2.24, 2.45) is 4.99 Å². The lowest BCUT2D eigenvalue weighted by Gasteiger charge is -2.35. The molecule has 1 atom stereocenters. The van der Waals surface area contributed by atoms with Crippen molar-refractivity contribution in [3.05, 3.63) is 65.0 Å². The molecule has 1 fully saturated rings. The van der Waals surface area contributed by atoms with Gasteiger partial charge in [0.05, 0.1) is 25.4 Å². The minimum Gasteiger partial charge on any atom is -0.370 e. The van der Waals surface area contributed by atoms with Crippen molar-refractivity contribution in [1.82, 2.24) is 10.2 Å². The Hall–Kier alpha value is -2.34. The highest BCUT2D eigenvalue weighted by Gasteiger charge is 2.25. The molecule has 31 heavy (non-hydrogen) atoms. The van der Waals surface area contributed by atoms with Gasteiger partial charge in [-0.3, -0.25) is 9.79 Å². The first-order chi connectivity index (χ1) is 14.4. The number of hydrogen-bond donors (Lipinski definition) is 2. The zero-order valence-electron chi connectivity index (χ0n) is 17.1.